The summed E-state index contributed by atoms with van der Waals surface area (Å²) in [4.78, 5) is 15.0. The smallest absolute Gasteiger partial charge is 0.257 e. The van der Waals surface area contributed by atoms with Crippen molar-refractivity contribution >= 4 is 17.2 Å². The molecule has 0 radical (unpaired) electrons. The molecule has 1 aliphatic heterocycles. The summed E-state index contributed by atoms with van der Waals surface area (Å²) in [5.74, 6) is 0.0865. The topological polar surface area (TPSA) is 49.0 Å². The van der Waals surface area contributed by atoms with Crippen molar-refractivity contribution in [2.24, 2.45) is 0 Å². The standard InChI is InChI=1S/C11H11N3OS/c15-11(14-4-2-5-14)8-7-12-13-10(8)9-3-1-6-16-9/h1,3,6-7H,2,4-5H2,(H,12,13). The van der Waals surface area contributed by atoms with Gasteiger partial charge in [0.25, 0.3) is 5.91 Å². The van der Waals surface area contributed by atoms with Crippen molar-refractivity contribution in [1.82, 2.24) is 15.1 Å². The van der Waals surface area contributed by atoms with Crippen LogP contribution in [0.1, 0.15) is 16.8 Å². The zero-order chi connectivity index (χ0) is 11.0. The molecule has 3 rings (SSSR count). The van der Waals surface area contributed by atoms with Gasteiger partial charge in [-0.05, 0) is 17.9 Å². The zero-order valence-corrected chi connectivity index (χ0v) is 9.46. The minimum atomic E-state index is 0.0865. The van der Waals surface area contributed by atoms with E-state index in [1.807, 2.05) is 22.4 Å². The van der Waals surface area contributed by atoms with E-state index in [0.29, 0.717) is 5.56 Å². The maximum atomic E-state index is 12.1. The Bertz CT molecular complexity index is 499. The maximum absolute atomic E-state index is 12.1. The van der Waals surface area contributed by atoms with Crippen LogP contribution in [0.15, 0.2) is 23.7 Å². The van der Waals surface area contributed by atoms with E-state index in [1.54, 1.807) is 17.5 Å². The lowest BCUT2D eigenvalue weighted by molar-refractivity contribution is 0.0653. The van der Waals surface area contributed by atoms with Crippen LogP contribution in [0.4, 0.5) is 0 Å². The molecule has 3 heterocycles. The van der Waals surface area contributed by atoms with Crippen LogP contribution in [0.3, 0.4) is 0 Å². The SMILES string of the molecule is O=C(c1cn[nH]c1-c1cccs1)N1CCC1. The fourth-order valence-corrected chi connectivity index (χ4v) is 2.48. The number of aromatic nitrogens is 2. The Morgan fingerprint density at radius 3 is 3.00 bits per heavy atom. The summed E-state index contributed by atoms with van der Waals surface area (Å²) in [7, 11) is 0. The van der Waals surface area contributed by atoms with Crippen LogP contribution in [-0.2, 0) is 0 Å². The zero-order valence-electron chi connectivity index (χ0n) is 8.64. The lowest BCUT2D eigenvalue weighted by Gasteiger charge is -2.30. The van der Waals surface area contributed by atoms with Crippen LogP contribution in [0, 0.1) is 0 Å². The Morgan fingerprint density at radius 1 is 1.50 bits per heavy atom. The third kappa shape index (κ3) is 1.44. The van der Waals surface area contributed by atoms with Crippen LogP contribution < -0.4 is 0 Å². The summed E-state index contributed by atoms with van der Waals surface area (Å²) < 4.78 is 0. The summed E-state index contributed by atoms with van der Waals surface area (Å²) in [6.45, 7) is 1.74. The molecule has 82 valence electrons. The Hall–Kier alpha value is -1.62. The number of thiophene rings is 1. The molecule has 0 aromatic carbocycles. The van der Waals surface area contributed by atoms with Gasteiger partial charge >= 0.3 is 0 Å². The number of hydrogen-bond acceptors (Lipinski definition) is 3. The summed E-state index contributed by atoms with van der Waals surface area (Å²) >= 11 is 1.61. The number of rotatable bonds is 2. The van der Waals surface area contributed by atoms with Gasteiger partial charge in [-0.3, -0.25) is 9.89 Å². The number of nitrogens with zero attached hydrogens (tertiary/aromatic N) is 2. The van der Waals surface area contributed by atoms with Crippen LogP contribution in [0.5, 0.6) is 0 Å². The molecule has 5 heteroatoms. The highest BCUT2D eigenvalue weighted by Gasteiger charge is 2.25. The second kappa shape index (κ2) is 3.75. The van der Waals surface area contributed by atoms with Crippen LogP contribution >= 0.6 is 11.3 Å². The van der Waals surface area contributed by atoms with Gasteiger partial charge in [0, 0.05) is 13.1 Å². The van der Waals surface area contributed by atoms with Crippen LogP contribution in [0.2, 0.25) is 0 Å². The number of carbonyl (C=O) groups is 1. The fraction of sp³-hybridized carbons (Fsp3) is 0.273. The largest absolute Gasteiger partial charge is 0.338 e. The first-order valence-corrected chi connectivity index (χ1v) is 6.11. The van der Waals surface area contributed by atoms with Gasteiger partial charge < -0.3 is 4.90 Å². The number of amides is 1. The number of hydrogen-bond donors (Lipinski definition) is 1. The highest BCUT2D eigenvalue weighted by molar-refractivity contribution is 7.13. The second-order valence-electron chi connectivity index (χ2n) is 3.78. The van der Waals surface area contributed by atoms with E-state index in [4.69, 9.17) is 0 Å². The third-order valence-electron chi connectivity index (χ3n) is 2.78. The molecule has 1 aliphatic rings. The molecule has 0 unspecified atom stereocenters. The fourth-order valence-electron chi connectivity index (χ4n) is 1.75. The molecule has 2 aromatic heterocycles. The maximum Gasteiger partial charge on any atom is 0.257 e. The number of H-pyrrole nitrogens is 1. The molecule has 1 fully saturated rings. The summed E-state index contributed by atoms with van der Waals surface area (Å²) in [6.07, 6.45) is 2.73. The van der Waals surface area contributed by atoms with Crippen molar-refractivity contribution in [3.63, 3.8) is 0 Å². The van der Waals surface area contributed by atoms with Gasteiger partial charge in [-0.2, -0.15) is 5.10 Å². The predicted molar refractivity (Wildman–Crippen MR) is 62.4 cm³/mol. The molecular formula is C11H11N3OS. The molecule has 0 aliphatic carbocycles. The average molecular weight is 233 g/mol. The first kappa shape index (κ1) is 9.59. The van der Waals surface area contributed by atoms with Crippen molar-refractivity contribution in [2.45, 2.75) is 6.42 Å². The normalized spacial score (nSPS) is 14.9. The summed E-state index contributed by atoms with van der Waals surface area (Å²) in [5.41, 5.74) is 1.52. The number of aromatic amines is 1. The molecule has 2 aromatic rings. The molecule has 16 heavy (non-hydrogen) atoms. The number of nitrogens with one attached hydrogen (secondary N) is 1. The predicted octanol–water partition coefficient (Wildman–Crippen LogP) is 1.98. The first-order chi connectivity index (χ1) is 7.86. The molecular weight excluding hydrogens is 222 g/mol. The molecule has 1 N–H and O–H groups in total. The van der Waals surface area contributed by atoms with Crippen molar-refractivity contribution in [3.8, 4) is 10.6 Å². The van der Waals surface area contributed by atoms with Gasteiger partial charge in [0.2, 0.25) is 0 Å². The van der Waals surface area contributed by atoms with Crippen molar-refractivity contribution in [3.05, 3.63) is 29.3 Å². The summed E-state index contributed by atoms with van der Waals surface area (Å²) in [6, 6.07) is 3.96. The van der Waals surface area contributed by atoms with E-state index in [-0.39, 0.29) is 5.91 Å². The van der Waals surface area contributed by atoms with Gasteiger partial charge in [-0.1, -0.05) is 6.07 Å². The van der Waals surface area contributed by atoms with Crippen molar-refractivity contribution < 1.29 is 4.79 Å². The Labute approximate surface area is 96.9 Å². The minimum Gasteiger partial charge on any atom is -0.338 e. The van der Waals surface area contributed by atoms with Gasteiger partial charge in [0.05, 0.1) is 22.3 Å². The monoisotopic (exact) mass is 233 g/mol. The first-order valence-electron chi connectivity index (χ1n) is 5.23. The van der Waals surface area contributed by atoms with Gasteiger partial charge in [-0.15, -0.1) is 11.3 Å². The molecule has 0 saturated carbocycles. The Morgan fingerprint density at radius 2 is 2.38 bits per heavy atom. The Balaban J connectivity index is 1.96. The molecule has 0 atom stereocenters. The average Bonchev–Trinajstić information content (AvgIpc) is 2.85. The number of carbonyl (C=O) groups excluding carboxylic acids is 1. The highest BCUT2D eigenvalue weighted by atomic mass is 32.1. The number of likely N-dealkylation sites (tertiary alicyclic amines) is 1. The van der Waals surface area contributed by atoms with Crippen molar-refractivity contribution in [2.75, 3.05) is 13.1 Å². The van der Waals surface area contributed by atoms with Gasteiger partial charge in [0.15, 0.2) is 0 Å². The van der Waals surface area contributed by atoms with E-state index >= 15 is 0 Å². The quantitative estimate of drug-likeness (QED) is 0.862. The van der Waals surface area contributed by atoms with Gasteiger partial charge in [-0.25, -0.2) is 0 Å². The minimum absolute atomic E-state index is 0.0865. The second-order valence-corrected chi connectivity index (χ2v) is 4.73. The van der Waals surface area contributed by atoms with E-state index in [1.165, 1.54) is 0 Å². The molecule has 1 amide bonds. The lowest BCUT2D eigenvalue weighted by atomic mass is 10.1. The van der Waals surface area contributed by atoms with Gasteiger partial charge in [0.1, 0.15) is 0 Å². The highest BCUT2D eigenvalue weighted by Crippen LogP contribution is 2.27. The Kier molecular flexibility index (Phi) is 2.25. The van der Waals surface area contributed by atoms with E-state index in [0.717, 1.165) is 30.1 Å². The van der Waals surface area contributed by atoms with Crippen LogP contribution in [0.25, 0.3) is 10.6 Å². The van der Waals surface area contributed by atoms with Crippen LogP contribution in [-0.4, -0.2) is 34.1 Å². The molecule has 1 saturated heterocycles. The molecule has 0 spiro atoms. The van der Waals surface area contributed by atoms with Crippen molar-refractivity contribution in [1.29, 1.82) is 0 Å². The molecule has 0 bridgehead atoms. The summed E-state index contributed by atoms with van der Waals surface area (Å²) in [5, 5.41) is 8.87. The van der Waals surface area contributed by atoms with E-state index < -0.39 is 0 Å². The van der Waals surface area contributed by atoms with E-state index in [2.05, 4.69) is 10.2 Å². The van der Waals surface area contributed by atoms with E-state index in [9.17, 15) is 4.79 Å². The third-order valence-corrected chi connectivity index (χ3v) is 3.67. The lowest BCUT2D eigenvalue weighted by Crippen LogP contribution is -2.42. The molecule has 4 nitrogen and oxygen atoms in total.